The fraction of sp³-hybridized carbons (Fsp3) is 0.625. The van der Waals surface area contributed by atoms with E-state index in [1.165, 1.54) is 17.5 Å². The van der Waals surface area contributed by atoms with Gasteiger partial charge < -0.3 is 10.4 Å². The van der Waals surface area contributed by atoms with Crippen LogP contribution in [0, 0.1) is 12.8 Å². The van der Waals surface area contributed by atoms with Crippen LogP contribution in [0.5, 0.6) is 0 Å². The Morgan fingerprint density at radius 2 is 2.00 bits per heavy atom. The minimum absolute atomic E-state index is 0.0590. The highest BCUT2D eigenvalue weighted by atomic mass is 16.3. The van der Waals surface area contributed by atoms with Gasteiger partial charge in [0, 0.05) is 6.04 Å². The lowest BCUT2D eigenvalue weighted by Gasteiger charge is -2.20. The van der Waals surface area contributed by atoms with Gasteiger partial charge in [-0.1, -0.05) is 36.8 Å². The van der Waals surface area contributed by atoms with Crippen LogP contribution in [-0.4, -0.2) is 17.8 Å². The summed E-state index contributed by atoms with van der Waals surface area (Å²) < 4.78 is 0. The number of aliphatic hydroxyl groups excluding tert-OH is 1. The van der Waals surface area contributed by atoms with Gasteiger partial charge in [-0.2, -0.15) is 0 Å². The van der Waals surface area contributed by atoms with Crippen LogP contribution in [0.2, 0.25) is 0 Å². The summed E-state index contributed by atoms with van der Waals surface area (Å²) in [5.74, 6) is 0.652. The second kappa shape index (κ2) is 6.35. The Hall–Kier alpha value is -0.860. The van der Waals surface area contributed by atoms with Gasteiger partial charge >= 0.3 is 0 Å². The van der Waals surface area contributed by atoms with Crippen LogP contribution >= 0.6 is 0 Å². The lowest BCUT2D eigenvalue weighted by Crippen LogP contribution is -2.26. The molecule has 1 saturated carbocycles. The van der Waals surface area contributed by atoms with Gasteiger partial charge in [-0.3, -0.25) is 0 Å². The smallest absolute Gasteiger partial charge is 0.0543 e. The molecule has 2 N–H and O–H groups in total. The molecule has 0 aliphatic heterocycles. The van der Waals surface area contributed by atoms with E-state index >= 15 is 0 Å². The largest absolute Gasteiger partial charge is 0.393 e. The summed E-state index contributed by atoms with van der Waals surface area (Å²) in [6.45, 7) is 5.38. The molecule has 1 aromatic carbocycles. The van der Waals surface area contributed by atoms with Gasteiger partial charge in [-0.15, -0.1) is 0 Å². The maximum absolute atomic E-state index is 9.54. The first kappa shape index (κ1) is 13.6. The maximum atomic E-state index is 9.54. The van der Waals surface area contributed by atoms with Gasteiger partial charge in [-0.25, -0.2) is 0 Å². The number of aliphatic hydroxyl groups is 1. The minimum Gasteiger partial charge on any atom is -0.393 e. The molecule has 0 heterocycles. The normalized spacial score (nSPS) is 25.3. The number of hydrogen-bond donors (Lipinski definition) is 2. The molecule has 1 aliphatic carbocycles. The predicted octanol–water partition coefficient (Wildman–Crippen LogP) is 3.20. The van der Waals surface area contributed by atoms with Crippen molar-refractivity contribution in [3.8, 4) is 0 Å². The molecule has 18 heavy (non-hydrogen) atoms. The number of aryl methyl sites for hydroxylation is 1. The molecule has 0 amide bonds. The maximum Gasteiger partial charge on any atom is 0.0543 e. The average molecular weight is 247 g/mol. The fourth-order valence-corrected chi connectivity index (χ4v) is 2.84. The Bertz CT molecular complexity index is 360. The summed E-state index contributed by atoms with van der Waals surface area (Å²) in [5, 5.41) is 13.2. The van der Waals surface area contributed by atoms with E-state index in [1.54, 1.807) is 0 Å². The van der Waals surface area contributed by atoms with Gasteiger partial charge in [0.1, 0.15) is 0 Å². The predicted molar refractivity (Wildman–Crippen MR) is 75.6 cm³/mol. The molecule has 3 atom stereocenters. The molecule has 1 fully saturated rings. The third-order valence-electron chi connectivity index (χ3n) is 4.05. The van der Waals surface area contributed by atoms with Gasteiger partial charge in [0.15, 0.2) is 0 Å². The van der Waals surface area contributed by atoms with E-state index in [-0.39, 0.29) is 6.10 Å². The quantitative estimate of drug-likeness (QED) is 0.837. The summed E-state index contributed by atoms with van der Waals surface area (Å²) >= 11 is 0. The third kappa shape index (κ3) is 3.56. The van der Waals surface area contributed by atoms with Crippen molar-refractivity contribution in [1.82, 2.24) is 5.32 Å². The molecular weight excluding hydrogens is 222 g/mol. The van der Waals surface area contributed by atoms with E-state index in [9.17, 15) is 5.11 Å². The van der Waals surface area contributed by atoms with Gasteiger partial charge in [0.25, 0.3) is 0 Å². The molecule has 2 rings (SSSR count). The lowest BCUT2D eigenvalue weighted by atomic mass is 10.0. The van der Waals surface area contributed by atoms with E-state index < -0.39 is 0 Å². The molecule has 0 aromatic heterocycles. The molecule has 2 heteroatoms. The number of rotatable bonds is 5. The van der Waals surface area contributed by atoms with Gasteiger partial charge in [0.2, 0.25) is 0 Å². The number of nitrogens with one attached hydrogen (secondary N) is 1. The molecule has 3 unspecified atom stereocenters. The molecule has 2 nitrogen and oxygen atoms in total. The first-order chi connectivity index (χ1) is 8.69. The van der Waals surface area contributed by atoms with Crippen LogP contribution in [0.4, 0.5) is 0 Å². The van der Waals surface area contributed by atoms with E-state index in [0.29, 0.717) is 12.0 Å². The summed E-state index contributed by atoms with van der Waals surface area (Å²) in [6, 6.07) is 9.25. The Morgan fingerprint density at radius 3 is 2.56 bits per heavy atom. The van der Waals surface area contributed by atoms with E-state index in [1.807, 2.05) is 0 Å². The van der Waals surface area contributed by atoms with Crippen molar-refractivity contribution in [2.45, 2.75) is 51.7 Å². The first-order valence-electron chi connectivity index (χ1n) is 7.17. The second-order valence-corrected chi connectivity index (χ2v) is 5.61. The zero-order valence-electron chi connectivity index (χ0n) is 11.5. The monoisotopic (exact) mass is 247 g/mol. The Balaban J connectivity index is 1.87. The summed E-state index contributed by atoms with van der Waals surface area (Å²) in [5.41, 5.74) is 2.69. The highest BCUT2D eigenvalue weighted by molar-refractivity contribution is 5.24. The SMILES string of the molecule is CCC(NCC1CCC(O)C1)c1ccc(C)cc1. The molecule has 0 bridgehead atoms. The minimum atomic E-state index is -0.0590. The van der Waals surface area contributed by atoms with Crippen LogP contribution in [0.25, 0.3) is 0 Å². The Kier molecular flexibility index (Phi) is 4.79. The molecular formula is C16H25NO. The summed E-state index contributed by atoms with van der Waals surface area (Å²) in [7, 11) is 0. The zero-order valence-corrected chi connectivity index (χ0v) is 11.5. The molecule has 0 saturated heterocycles. The highest BCUT2D eigenvalue weighted by Gasteiger charge is 2.23. The van der Waals surface area contributed by atoms with Gasteiger partial charge in [-0.05, 0) is 50.6 Å². The van der Waals surface area contributed by atoms with Crippen LogP contribution in [0.1, 0.15) is 49.8 Å². The van der Waals surface area contributed by atoms with E-state index in [2.05, 4.69) is 43.4 Å². The highest BCUT2D eigenvalue weighted by Crippen LogP contribution is 2.26. The third-order valence-corrected chi connectivity index (χ3v) is 4.05. The van der Waals surface area contributed by atoms with Crippen molar-refractivity contribution in [2.75, 3.05) is 6.54 Å². The molecule has 1 aliphatic rings. The van der Waals surface area contributed by atoms with E-state index in [0.717, 1.165) is 25.8 Å². The first-order valence-corrected chi connectivity index (χ1v) is 7.17. The number of benzene rings is 1. The summed E-state index contributed by atoms with van der Waals surface area (Å²) in [4.78, 5) is 0. The van der Waals surface area contributed by atoms with Crippen molar-refractivity contribution >= 4 is 0 Å². The van der Waals surface area contributed by atoms with Crippen molar-refractivity contribution in [3.05, 3.63) is 35.4 Å². The lowest BCUT2D eigenvalue weighted by molar-refractivity contribution is 0.177. The Labute approximate surface area is 110 Å². The van der Waals surface area contributed by atoms with Crippen LogP contribution in [-0.2, 0) is 0 Å². The van der Waals surface area contributed by atoms with Crippen LogP contribution in [0.3, 0.4) is 0 Å². The molecule has 100 valence electrons. The van der Waals surface area contributed by atoms with Crippen LogP contribution in [0.15, 0.2) is 24.3 Å². The Morgan fingerprint density at radius 1 is 1.28 bits per heavy atom. The number of hydrogen-bond acceptors (Lipinski definition) is 2. The van der Waals surface area contributed by atoms with Crippen molar-refractivity contribution < 1.29 is 5.11 Å². The second-order valence-electron chi connectivity index (χ2n) is 5.61. The topological polar surface area (TPSA) is 32.3 Å². The standard InChI is InChI=1S/C16H25NO/c1-3-16(14-7-4-12(2)5-8-14)17-11-13-6-9-15(18)10-13/h4-5,7-8,13,15-18H,3,6,9-11H2,1-2H3. The van der Waals surface area contributed by atoms with Crippen molar-refractivity contribution in [2.24, 2.45) is 5.92 Å². The average Bonchev–Trinajstić information content (AvgIpc) is 2.78. The van der Waals surface area contributed by atoms with Crippen LogP contribution < -0.4 is 5.32 Å². The molecule has 1 aromatic rings. The fourth-order valence-electron chi connectivity index (χ4n) is 2.84. The molecule has 0 spiro atoms. The van der Waals surface area contributed by atoms with Crippen molar-refractivity contribution in [3.63, 3.8) is 0 Å². The van der Waals surface area contributed by atoms with Gasteiger partial charge in [0.05, 0.1) is 6.10 Å². The van der Waals surface area contributed by atoms with E-state index in [4.69, 9.17) is 0 Å². The summed E-state index contributed by atoms with van der Waals surface area (Å²) in [6.07, 6.45) is 4.17. The van der Waals surface area contributed by atoms with Crippen molar-refractivity contribution in [1.29, 1.82) is 0 Å². The zero-order chi connectivity index (χ0) is 13.0. The molecule has 0 radical (unpaired) electrons.